The normalized spacial score (nSPS) is 9.62. The van der Waals surface area contributed by atoms with E-state index < -0.39 is 0 Å². The van der Waals surface area contributed by atoms with Gasteiger partial charge in [0.15, 0.2) is 0 Å². The lowest BCUT2D eigenvalue weighted by atomic mass is 9.97. The minimum atomic E-state index is -0.353. The van der Waals surface area contributed by atoms with Gasteiger partial charge in [0.2, 0.25) is 0 Å². The summed E-state index contributed by atoms with van der Waals surface area (Å²) in [6.07, 6.45) is 0.835. The number of carbonyl (C=O) groups is 1. The number of esters is 1. The first kappa shape index (κ1) is 12.5. The zero-order chi connectivity index (χ0) is 12.1. The monoisotopic (exact) mass is 237 g/mol. The number of benzene rings is 1. The van der Waals surface area contributed by atoms with E-state index in [0.717, 1.165) is 12.0 Å². The highest BCUT2D eigenvalue weighted by atomic mass is 35.5. The molecular weight excluding hydrogens is 226 g/mol. The summed E-state index contributed by atoms with van der Waals surface area (Å²) in [5, 5.41) is 9.50. The highest BCUT2D eigenvalue weighted by molar-refractivity contribution is 6.30. The fourth-order valence-electron chi connectivity index (χ4n) is 1.53. The Morgan fingerprint density at radius 1 is 1.56 bits per heavy atom. The third kappa shape index (κ3) is 2.74. The van der Waals surface area contributed by atoms with Gasteiger partial charge in [-0.3, -0.25) is 4.79 Å². The van der Waals surface area contributed by atoms with E-state index in [0.29, 0.717) is 16.1 Å². The van der Waals surface area contributed by atoms with Gasteiger partial charge in [-0.2, -0.15) is 5.26 Å². The number of ether oxygens (including phenoxy) is 1. The van der Waals surface area contributed by atoms with E-state index in [1.165, 1.54) is 7.11 Å². The van der Waals surface area contributed by atoms with Crippen molar-refractivity contribution in [2.45, 2.75) is 19.8 Å². The molecular formula is C12H12ClNO2. The molecule has 4 heteroatoms. The van der Waals surface area contributed by atoms with Gasteiger partial charge < -0.3 is 4.74 Å². The molecule has 0 saturated heterocycles. The van der Waals surface area contributed by atoms with Crippen LogP contribution in [0.2, 0.25) is 5.02 Å². The van der Waals surface area contributed by atoms with E-state index in [4.69, 9.17) is 16.9 Å². The van der Waals surface area contributed by atoms with E-state index in [2.05, 4.69) is 4.74 Å². The lowest BCUT2D eigenvalue weighted by Gasteiger charge is -2.09. The summed E-state index contributed by atoms with van der Waals surface area (Å²) >= 11 is 5.88. The molecule has 0 aliphatic rings. The summed E-state index contributed by atoms with van der Waals surface area (Å²) < 4.78 is 4.60. The highest BCUT2D eigenvalue weighted by Gasteiger charge is 2.13. The summed E-state index contributed by atoms with van der Waals surface area (Å²) in [5.41, 5.74) is 2.06. The van der Waals surface area contributed by atoms with Crippen molar-refractivity contribution in [2.75, 3.05) is 7.11 Å². The number of halogens is 1. The molecule has 0 bridgehead atoms. The minimum Gasteiger partial charge on any atom is -0.469 e. The Morgan fingerprint density at radius 3 is 2.75 bits per heavy atom. The Balaban J connectivity index is 3.23. The van der Waals surface area contributed by atoms with Crippen molar-refractivity contribution in [2.24, 2.45) is 0 Å². The van der Waals surface area contributed by atoms with Gasteiger partial charge in [-0.25, -0.2) is 0 Å². The van der Waals surface area contributed by atoms with Crippen LogP contribution in [0.5, 0.6) is 0 Å². The first-order chi connectivity index (χ1) is 7.62. The molecule has 0 aliphatic carbocycles. The zero-order valence-electron chi connectivity index (χ0n) is 9.21. The molecule has 0 heterocycles. The molecule has 16 heavy (non-hydrogen) atoms. The van der Waals surface area contributed by atoms with Crippen LogP contribution in [0.1, 0.15) is 23.6 Å². The number of rotatable bonds is 3. The van der Waals surface area contributed by atoms with Crippen LogP contribution in [0.3, 0.4) is 0 Å². The van der Waals surface area contributed by atoms with Gasteiger partial charge in [0, 0.05) is 5.02 Å². The Labute approximate surface area is 99.6 Å². The largest absolute Gasteiger partial charge is 0.469 e. The van der Waals surface area contributed by atoms with Crippen LogP contribution in [-0.2, 0) is 22.4 Å². The minimum absolute atomic E-state index is 0.111. The molecule has 0 atom stereocenters. The topological polar surface area (TPSA) is 50.1 Å². The van der Waals surface area contributed by atoms with E-state index in [1.807, 2.05) is 13.0 Å². The quantitative estimate of drug-likeness (QED) is 0.759. The van der Waals surface area contributed by atoms with Crippen LogP contribution in [0.4, 0.5) is 0 Å². The molecule has 0 spiro atoms. The summed E-state index contributed by atoms with van der Waals surface area (Å²) in [6.45, 7) is 1.95. The SMILES string of the molecule is CCc1cc(Cl)cc(C#N)c1CC(=O)OC. The third-order valence-corrected chi connectivity index (χ3v) is 2.58. The maximum atomic E-state index is 11.2. The smallest absolute Gasteiger partial charge is 0.310 e. The van der Waals surface area contributed by atoms with E-state index >= 15 is 0 Å². The predicted octanol–water partition coefficient (Wildman–Crippen LogP) is 2.49. The van der Waals surface area contributed by atoms with Crippen LogP contribution in [0, 0.1) is 11.3 Å². The molecule has 3 nitrogen and oxygen atoms in total. The van der Waals surface area contributed by atoms with Crippen LogP contribution >= 0.6 is 11.6 Å². The summed E-state index contributed by atoms with van der Waals surface area (Å²) in [7, 11) is 1.33. The van der Waals surface area contributed by atoms with Crippen molar-refractivity contribution in [3.05, 3.63) is 33.8 Å². The standard InChI is InChI=1S/C12H12ClNO2/c1-3-8-4-10(13)5-9(7-14)11(8)6-12(15)16-2/h4-5H,3,6H2,1-2H3. The van der Waals surface area contributed by atoms with Gasteiger partial charge in [0.25, 0.3) is 0 Å². The Kier molecular flexibility index (Phi) is 4.33. The second-order valence-electron chi connectivity index (χ2n) is 3.31. The van der Waals surface area contributed by atoms with Gasteiger partial charge in [-0.1, -0.05) is 18.5 Å². The summed E-state index contributed by atoms with van der Waals surface area (Å²) in [6, 6.07) is 5.40. The van der Waals surface area contributed by atoms with Crippen molar-refractivity contribution in [3.63, 3.8) is 0 Å². The second-order valence-corrected chi connectivity index (χ2v) is 3.75. The molecule has 0 N–H and O–H groups in total. The average molecular weight is 238 g/mol. The van der Waals surface area contributed by atoms with Gasteiger partial charge >= 0.3 is 5.97 Å². The van der Waals surface area contributed by atoms with Crippen molar-refractivity contribution in [1.29, 1.82) is 5.26 Å². The predicted molar refractivity (Wildman–Crippen MR) is 61.3 cm³/mol. The molecule has 84 valence electrons. The lowest BCUT2D eigenvalue weighted by Crippen LogP contribution is -2.08. The molecule has 1 aromatic carbocycles. The molecule has 0 fully saturated rings. The Bertz CT molecular complexity index is 449. The molecule has 0 radical (unpaired) electrons. The van der Waals surface area contributed by atoms with Crippen LogP contribution in [0.15, 0.2) is 12.1 Å². The van der Waals surface area contributed by atoms with Crippen LogP contribution < -0.4 is 0 Å². The molecule has 0 unspecified atom stereocenters. The molecule has 1 rings (SSSR count). The number of hydrogen-bond donors (Lipinski definition) is 0. The van der Waals surface area contributed by atoms with Gasteiger partial charge in [-0.05, 0) is 29.7 Å². The number of methoxy groups -OCH3 is 1. The second kappa shape index (κ2) is 5.53. The first-order valence-electron chi connectivity index (χ1n) is 4.90. The average Bonchev–Trinajstić information content (AvgIpc) is 2.30. The van der Waals surface area contributed by atoms with Crippen molar-refractivity contribution in [1.82, 2.24) is 0 Å². The van der Waals surface area contributed by atoms with Gasteiger partial charge in [0.1, 0.15) is 0 Å². The highest BCUT2D eigenvalue weighted by Crippen LogP contribution is 2.22. The number of nitriles is 1. The zero-order valence-corrected chi connectivity index (χ0v) is 9.97. The maximum Gasteiger partial charge on any atom is 0.310 e. The number of aryl methyl sites for hydroxylation is 1. The fourth-order valence-corrected chi connectivity index (χ4v) is 1.77. The van der Waals surface area contributed by atoms with Crippen molar-refractivity contribution in [3.8, 4) is 6.07 Å². The number of nitrogens with zero attached hydrogens (tertiary/aromatic N) is 1. The van der Waals surface area contributed by atoms with Crippen LogP contribution in [0.25, 0.3) is 0 Å². The summed E-state index contributed by atoms with van der Waals surface area (Å²) in [4.78, 5) is 11.2. The molecule has 0 aromatic heterocycles. The van der Waals surface area contributed by atoms with E-state index in [-0.39, 0.29) is 12.4 Å². The van der Waals surface area contributed by atoms with Gasteiger partial charge in [0.05, 0.1) is 25.2 Å². The first-order valence-corrected chi connectivity index (χ1v) is 5.28. The van der Waals surface area contributed by atoms with Gasteiger partial charge in [-0.15, -0.1) is 0 Å². The third-order valence-electron chi connectivity index (χ3n) is 2.36. The number of carbonyl (C=O) groups excluding carboxylic acids is 1. The van der Waals surface area contributed by atoms with Crippen LogP contribution in [-0.4, -0.2) is 13.1 Å². The van der Waals surface area contributed by atoms with E-state index in [1.54, 1.807) is 12.1 Å². The molecule has 1 aromatic rings. The number of hydrogen-bond acceptors (Lipinski definition) is 3. The molecule has 0 saturated carbocycles. The molecule has 0 aliphatic heterocycles. The van der Waals surface area contributed by atoms with E-state index in [9.17, 15) is 4.79 Å². The lowest BCUT2D eigenvalue weighted by molar-refractivity contribution is -0.139. The maximum absolute atomic E-state index is 11.2. The fraction of sp³-hybridized carbons (Fsp3) is 0.333. The molecule has 0 amide bonds. The Morgan fingerprint density at radius 2 is 2.25 bits per heavy atom. The van der Waals surface area contributed by atoms with Crippen molar-refractivity contribution < 1.29 is 9.53 Å². The Hall–Kier alpha value is -1.53. The summed E-state index contributed by atoms with van der Waals surface area (Å²) in [5.74, 6) is -0.353. The van der Waals surface area contributed by atoms with Crippen molar-refractivity contribution >= 4 is 17.6 Å².